The number of carbonyl (C=O) groups excluding carboxylic acids is 1. The van der Waals surface area contributed by atoms with Gasteiger partial charge in [-0.1, -0.05) is 0 Å². The molecule has 1 aliphatic heterocycles. The van der Waals surface area contributed by atoms with Gasteiger partial charge < -0.3 is 15.8 Å². The predicted molar refractivity (Wildman–Crippen MR) is 60.8 cm³/mol. The topological polar surface area (TPSA) is 77.2 Å². The van der Waals surface area contributed by atoms with Gasteiger partial charge in [-0.05, 0) is 25.5 Å². The van der Waals surface area contributed by atoms with Crippen molar-refractivity contribution in [2.75, 3.05) is 17.7 Å². The zero-order valence-electron chi connectivity index (χ0n) is 9.14. The predicted octanol–water partition coefficient (Wildman–Crippen LogP) is 1.03. The fraction of sp³-hybridized carbons (Fsp3) is 0.455. The highest BCUT2D eigenvalue weighted by atomic mass is 16.5. The molecule has 2 rings (SSSR count). The van der Waals surface area contributed by atoms with Gasteiger partial charge in [0.1, 0.15) is 0 Å². The number of rotatable bonds is 2. The maximum Gasteiger partial charge on any atom is 0.231 e. The van der Waals surface area contributed by atoms with Crippen molar-refractivity contribution < 1.29 is 9.53 Å². The van der Waals surface area contributed by atoms with Crippen LogP contribution in [0.3, 0.4) is 0 Å². The Labute approximate surface area is 94.0 Å². The number of anilines is 2. The number of nitrogens with one attached hydrogen (secondary N) is 1. The summed E-state index contributed by atoms with van der Waals surface area (Å²) in [5.41, 5.74) is 6.17. The van der Waals surface area contributed by atoms with Crippen LogP contribution in [0.5, 0.6) is 0 Å². The van der Waals surface area contributed by atoms with Gasteiger partial charge in [0.25, 0.3) is 0 Å². The normalized spacial score (nSPS) is 24.3. The summed E-state index contributed by atoms with van der Waals surface area (Å²) in [7, 11) is 0. The molecule has 5 nitrogen and oxygen atoms in total. The van der Waals surface area contributed by atoms with Crippen molar-refractivity contribution >= 4 is 17.4 Å². The molecule has 2 atom stereocenters. The smallest absolute Gasteiger partial charge is 0.231 e. The second kappa shape index (κ2) is 4.49. The lowest BCUT2D eigenvalue weighted by atomic mass is 10.0. The van der Waals surface area contributed by atoms with Crippen molar-refractivity contribution in [2.24, 2.45) is 5.92 Å². The Morgan fingerprint density at radius 3 is 3.12 bits per heavy atom. The lowest BCUT2D eigenvalue weighted by Gasteiger charge is -2.14. The Hall–Kier alpha value is -1.62. The van der Waals surface area contributed by atoms with Gasteiger partial charge in [0.2, 0.25) is 5.91 Å². The van der Waals surface area contributed by atoms with Gasteiger partial charge in [0.05, 0.1) is 17.7 Å². The first-order chi connectivity index (χ1) is 7.68. The minimum absolute atomic E-state index is 0.0371. The van der Waals surface area contributed by atoms with E-state index in [0.29, 0.717) is 18.1 Å². The van der Waals surface area contributed by atoms with Gasteiger partial charge in [-0.3, -0.25) is 4.79 Å². The number of carbonyl (C=O) groups is 1. The number of ether oxygens (including phenoxy) is 1. The second-order valence-corrected chi connectivity index (χ2v) is 3.90. The maximum absolute atomic E-state index is 11.9. The van der Waals surface area contributed by atoms with Gasteiger partial charge in [0.15, 0.2) is 5.82 Å². The standard InChI is InChI=1S/C11H15N3O2/c1-7-8(4-6-16-7)11(15)14-10-9(12)3-2-5-13-10/h2-3,5,7-8H,4,6,12H2,1H3,(H,13,14,15). The Morgan fingerprint density at radius 1 is 1.69 bits per heavy atom. The third kappa shape index (κ3) is 2.14. The van der Waals surface area contributed by atoms with Crippen LogP contribution in [0.25, 0.3) is 0 Å². The zero-order valence-corrected chi connectivity index (χ0v) is 9.14. The molecule has 1 aromatic rings. The second-order valence-electron chi connectivity index (χ2n) is 3.90. The van der Waals surface area contributed by atoms with Crippen LogP contribution < -0.4 is 11.1 Å². The molecule has 0 aliphatic carbocycles. The van der Waals surface area contributed by atoms with E-state index < -0.39 is 0 Å². The van der Waals surface area contributed by atoms with Crippen LogP contribution in [0, 0.1) is 5.92 Å². The van der Waals surface area contributed by atoms with Crippen molar-refractivity contribution in [1.82, 2.24) is 4.98 Å². The number of aromatic nitrogens is 1. The van der Waals surface area contributed by atoms with Gasteiger partial charge in [0, 0.05) is 12.8 Å². The lowest BCUT2D eigenvalue weighted by Crippen LogP contribution is -2.28. The fourth-order valence-electron chi connectivity index (χ4n) is 1.81. The molecule has 1 saturated heterocycles. The summed E-state index contributed by atoms with van der Waals surface area (Å²) in [6, 6.07) is 3.43. The molecule has 0 radical (unpaired) electrons. The Balaban J connectivity index is 2.05. The average molecular weight is 221 g/mol. The SMILES string of the molecule is CC1OCCC1C(=O)Nc1ncccc1N. The number of nitrogen functional groups attached to an aromatic ring is 1. The van der Waals surface area contributed by atoms with E-state index in [-0.39, 0.29) is 17.9 Å². The van der Waals surface area contributed by atoms with E-state index in [1.807, 2.05) is 6.92 Å². The largest absolute Gasteiger partial charge is 0.396 e. The molecule has 1 aliphatic rings. The van der Waals surface area contributed by atoms with Crippen LogP contribution in [0.15, 0.2) is 18.3 Å². The summed E-state index contributed by atoms with van der Waals surface area (Å²) in [6.45, 7) is 2.54. The quantitative estimate of drug-likeness (QED) is 0.781. The summed E-state index contributed by atoms with van der Waals surface area (Å²) in [4.78, 5) is 15.9. The van der Waals surface area contributed by atoms with Crippen LogP contribution >= 0.6 is 0 Å². The van der Waals surface area contributed by atoms with Crippen molar-refractivity contribution in [2.45, 2.75) is 19.4 Å². The fourth-order valence-corrected chi connectivity index (χ4v) is 1.81. The molecule has 2 unspecified atom stereocenters. The highest BCUT2D eigenvalue weighted by Crippen LogP contribution is 2.23. The number of hydrogen-bond donors (Lipinski definition) is 2. The molecular formula is C11H15N3O2. The molecule has 0 saturated carbocycles. The molecule has 2 heterocycles. The Kier molecular flexibility index (Phi) is 3.05. The van der Waals surface area contributed by atoms with E-state index in [0.717, 1.165) is 6.42 Å². The highest BCUT2D eigenvalue weighted by Gasteiger charge is 2.31. The maximum atomic E-state index is 11.9. The van der Waals surface area contributed by atoms with Gasteiger partial charge >= 0.3 is 0 Å². The van der Waals surface area contributed by atoms with Crippen LogP contribution in [0.1, 0.15) is 13.3 Å². The molecule has 3 N–H and O–H groups in total. The van der Waals surface area contributed by atoms with Crippen LogP contribution in [0.2, 0.25) is 0 Å². The van der Waals surface area contributed by atoms with E-state index in [9.17, 15) is 4.79 Å². The molecule has 1 amide bonds. The number of amides is 1. The molecule has 86 valence electrons. The third-order valence-corrected chi connectivity index (χ3v) is 2.79. The molecule has 1 fully saturated rings. The van der Waals surface area contributed by atoms with Crippen molar-refractivity contribution in [3.8, 4) is 0 Å². The zero-order chi connectivity index (χ0) is 11.5. The first-order valence-electron chi connectivity index (χ1n) is 5.31. The third-order valence-electron chi connectivity index (χ3n) is 2.79. The molecule has 0 spiro atoms. The minimum Gasteiger partial charge on any atom is -0.396 e. The number of nitrogens with two attached hydrogens (primary N) is 1. The van der Waals surface area contributed by atoms with E-state index in [1.54, 1.807) is 18.3 Å². The summed E-state index contributed by atoms with van der Waals surface area (Å²) in [5, 5.41) is 2.73. The van der Waals surface area contributed by atoms with Gasteiger partial charge in [-0.15, -0.1) is 0 Å². The van der Waals surface area contributed by atoms with Crippen molar-refractivity contribution in [1.29, 1.82) is 0 Å². The molecule has 16 heavy (non-hydrogen) atoms. The monoisotopic (exact) mass is 221 g/mol. The van der Waals surface area contributed by atoms with E-state index >= 15 is 0 Å². The summed E-state index contributed by atoms with van der Waals surface area (Å²) >= 11 is 0. The highest BCUT2D eigenvalue weighted by molar-refractivity contribution is 5.94. The molecular weight excluding hydrogens is 206 g/mol. The lowest BCUT2D eigenvalue weighted by molar-refractivity contribution is -0.121. The number of pyridine rings is 1. The van der Waals surface area contributed by atoms with Crippen LogP contribution in [-0.2, 0) is 9.53 Å². The molecule has 0 aromatic carbocycles. The molecule has 1 aromatic heterocycles. The summed E-state index contributed by atoms with van der Waals surface area (Å²) in [5.74, 6) is 0.239. The summed E-state index contributed by atoms with van der Waals surface area (Å²) in [6.07, 6.45) is 2.31. The summed E-state index contributed by atoms with van der Waals surface area (Å²) < 4.78 is 5.34. The van der Waals surface area contributed by atoms with E-state index in [4.69, 9.17) is 10.5 Å². The first kappa shape index (κ1) is 10.9. The van der Waals surface area contributed by atoms with Gasteiger partial charge in [-0.2, -0.15) is 0 Å². The Morgan fingerprint density at radius 2 is 2.50 bits per heavy atom. The van der Waals surface area contributed by atoms with E-state index in [1.165, 1.54) is 0 Å². The van der Waals surface area contributed by atoms with Gasteiger partial charge in [-0.25, -0.2) is 4.98 Å². The van der Waals surface area contributed by atoms with Crippen molar-refractivity contribution in [3.63, 3.8) is 0 Å². The van der Waals surface area contributed by atoms with Crippen molar-refractivity contribution in [3.05, 3.63) is 18.3 Å². The molecule has 5 heteroatoms. The minimum atomic E-state index is -0.110. The van der Waals surface area contributed by atoms with E-state index in [2.05, 4.69) is 10.3 Å². The number of nitrogens with zero attached hydrogens (tertiary/aromatic N) is 1. The molecule has 0 bridgehead atoms. The Bertz CT molecular complexity index is 395. The van der Waals surface area contributed by atoms with Crippen LogP contribution in [0.4, 0.5) is 11.5 Å². The number of hydrogen-bond acceptors (Lipinski definition) is 4. The average Bonchev–Trinajstić information content (AvgIpc) is 2.68. The first-order valence-corrected chi connectivity index (χ1v) is 5.31. The van der Waals surface area contributed by atoms with Crippen LogP contribution in [-0.4, -0.2) is 23.6 Å².